The van der Waals surface area contributed by atoms with E-state index in [1.165, 1.54) is 32.4 Å². The van der Waals surface area contributed by atoms with E-state index in [-0.39, 0.29) is 11.6 Å². The summed E-state index contributed by atoms with van der Waals surface area (Å²) in [6, 6.07) is 7.31. The number of halogens is 1. The number of nitrogens with zero attached hydrogens (tertiary/aromatic N) is 2. The lowest BCUT2D eigenvalue weighted by molar-refractivity contribution is -0.0776. The predicted octanol–water partition coefficient (Wildman–Crippen LogP) is 2.11. The molecule has 1 amide bonds. The molecule has 0 N–H and O–H groups in total. The number of carbonyl (C=O) groups excluding carboxylic acids is 1. The molecule has 0 aliphatic carbocycles. The second-order valence-electron chi connectivity index (χ2n) is 3.57. The van der Waals surface area contributed by atoms with Crippen LogP contribution < -0.4 is 0 Å². The van der Waals surface area contributed by atoms with Gasteiger partial charge in [0.2, 0.25) is 5.76 Å². The summed E-state index contributed by atoms with van der Waals surface area (Å²) in [5, 5.41) is 4.73. The molecular formula is C12H11FN2O3. The van der Waals surface area contributed by atoms with Crippen LogP contribution in [-0.4, -0.2) is 30.3 Å². The number of aromatic nitrogens is 1. The molecule has 0 fully saturated rings. The molecular weight excluding hydrogens is 239 g/mol. The first-order valence-electron chi connectivity index (χ1n) is 5.16. The molecule has 0 saturated carbocycles. The molecule has 5 nitrogen and oxygen atoms in total. The van der Waals surface area contributed by atoms with E-state index in [2.05, 4.69) is 5.16 Å². The van der Waals surface area contributed by atoms with E-state index in [0.29, 0.717) is 11.3 Å². The van der Waals surface area contributed by atoms with Gasteiger partial charge in [-0.1, -0.05) is 17.3 Å². The van der Waals surface area contributed by atoms with E-state index in [1.807, 2.05) is 0 Å². The number of carbonyl (C=O) groups is 1. The van der Waals surface area contributed by atoms with Gasteiger partial charge in [0.25, 0.3) is 0 Å². The topological polar surface area (TPSA) is 55.6 Å². The van der Waals surface area contributed by atoms with Crippen LogP contribution in [0.15, 0.2) is 34.9 Å². The number of amides is 1. The zero-order chi connectivity index (χ0) is 13.1. The van der Waals surface area contributed by atoms with Gasteiger partial charge in [0.15, 0.2) is 0 Å². The smallest absolute Gasteiger partial charge is 0.315 e. The van der Waals surface area contributed by atoms with Crippen molar-refractivity contribution in [1.82, 2.24) is 10.2 Å². The Labute approximate surface area is 103 Å². The number of hydroxylamine groups is 2. The fourth-order valence-electron chi connectivity index (χ4n) is 1.40. The monoisotopic (exact) mass is 250 g/mol. The lowest BCUT2D eigenvalue weighted by Crippen LogP contribution is -2.24. The average Bonchev–Trinajstić information content (AvgIpc) is 2.86. The minimum atomic E-state index is -0.465. The van der Waals surface area contributed by atoms with Gasteiger partial charge in [0.05, 0.1) is 7.11 Å². The number of hydrogen-bond donors (Lipinski definition) is 0. The Bertz CT molecular complexity index is 568. The van der Waals surface area contributed by atoms with Crippen LogP contribution in [0.1, 0.15) is 10.6 Å². The summed E-state index contributed by atoms with van der Waals surface area (Å²) >= 11 is 0. The van der Waals surface area contributed by atoms with Crippen molar-refractivity contribution in [1.29, 1.82) is 0 Å². The van der Waals surface area contributed by atoms with Gasteiger partial charge >= 0.3 is 5.91 Å². The molecule has 0 atom stereocenters. The van der Waals surface area contributed by atoms with Crippen LogP contribution in [0.2, 0.25) is 0 Å². The van der Waals surface area contributed by atoms with Crippen molar-refractivity contribution in [2.24, 2.45) is 0 Å². The molecule has 94 valence electrons. The lowest BCUT2D eigenvalue weighted by Gasteiger charge is -2.10. The Morgan fingerprint density at radius 1 is 1.44 bits per heavy atom. The first kappa shape index (κ1) is 12.3. The summed E-state index contributed by atoms with van der Waals surface area (Å²) in [5.41, 5.74) is 0.931. The highest BCUT2D eigenvalue weighted by molar-refractivity contribution is 5.91. The normalized spacial score (nSPS) is 10.4. The van der Waals surface area contributed by atoms with Crippen LogP contribution >= 0.6 is 0 Å². The minimum Gasteiger partial charge on any atom is -0.350 e. The zero-order valence-corrected chi connectivity index (χ0v) is 9.88. The van der Waals surface area contributed by atoms with E-state index in [0.717, 1.165) is 5.06 Å². The van der Waals surface area contributed by atoms with Crippen LogP contribution in [-0.2, 0) is 4.84 Å². The quantitative estimate of drug-likeness (QED) is 0.783. The minimum absolute atomic E-state index is 0.0265. The van der Waals surface area contributed by atoms with Gasteiger partial charge in [-0.05, 0) is 12.1 Å². The van der Waals surface area contributed by atoms with Crippen molar-refractivity contribution in [3.05, 3.63) is 41.9 Å². The van der Waals surface area contributed by atoms with Crippen molar-refractivity contribution in [3.8, 4) is 11.3 Å². The third kappa shape index (κ3) is 2.38. The predicted molar refractivity (Wildman–Crippen MR) is 61.0 cm³/mol. The number of hydrogen-bond acceptors (Lipinski definition) is 4. The molecule has 1 aromatic carbocycles. The molecule has 6 heteroatoms. The van der Waals surface area contributed by atoms with Gasteiger partial charge in [-0.3, -0.25) is 9.63 Å². The van der Waals surface area contributed by atoms with Crippen LogP contribution in [0.25, 0.3) is 11.3 Å². The van der Waals surface area contributed by atoms with Crippen molar-refractivity contribution >= 4 is 5.91 Å². The van der Waals surface area contributed by atoms with E-state index in [1.54, 1.807) is 12.1 Å². The summed E-state index contributed by atoms with van der Waals surface area (Å²) < 4.78 is 17.9. The Balaban J connectivity index is 2.28. The van der Waals surface area contributed by atoms with Crippen LogP contribution in [0.4, 0.5) is 4.39 Å². The summed E-state index contributed by atoms with van der Waals surface area (Å²) in [6.45, 7) is 0. The molecule has 18 heavy (non-hydrogen) atoms. The van der Waals surface area contributed by atoms with Gasteiger partial charge in [0, 0.05) is 18.7 Å². The fraction of sp³-hybridized carbons (Fsp3) is 0.167. The second-order valence-corrected chi connectivity index (χ2v) is 3.57. The standard InChI is InChI=1S/C12H11FN2O3/c1-15(17-2)12(16)11-7-10(14-18-11)8-4-3-5-9(13)6-8/h3-7H,1-2H3. The van der Waals surface area contributed by atoms with Crippen LogP contribution in [0.3, 0.4) is 0 Å². The third-order valence-corrected chi connectivity index (χ3v) is 2.40. The second kappa shape index (κ2) is 4.97. The van der Waals surface area contributed by atoms with Gasteiger partial charge < -0.3 is 4.52 Å². The highest BCUT2D eigenvalue weighted by Crippen LogP contribution is 2.20. The maximum atomic E-state index is 13.0. The molecule has 0 radical (unpaired) electrons. The van der Waals surface area contributed by atoms with Gasteiger partial charge in [-0.2, -0.15) is 0 Å². The van der Waals surface area contributed by atoms with E-state index in [4.69, 9.17) is 9.36 Å². The van der Waals surface area contributed by atoms with Crippen molar-refractivity contribution in [2.75, 3.05) is 14.2 Å². The summed E-state index contributed by atoms with van der Waals surface area (Å²) in [4.78, 5) is 16.4. The van der Waals surface area contributed by atoms with Crippen LogP contribution in [0.5, 0.6) is 0 Å². The summed E-state index contributed by atoms with van der Waals surface area (Å²) in [6.07, 6.45) is 0. The van der Waals surface area contributed by atoms with Crippen LogP contribution in [0, 0.1) is 5.82 Å². The molecule has 2 aromatic rings. The molecule has 1 heterocycles. The van der Waals surface area contributed by atoms with Gasteiger partial charge in [-0.25, -0.2) is 9.45 Å². The van der Waals surface area contributed by atoms with Crippen molar-refractivity contribution < 1.29 is 18.5 Å². The van der Waals surface area contributed by atoms with E-state index >= 15 is 0 Å². The molecule has 0 bridgehead atoms. The molecule has 2 rings (SSSR count). The fourth-order valence-corrected chi connectivity index (χ4v) is 1.40. The van der Waals surface area contributed by atoms with E-state index in [9.17, 15) is 9.18 Å². The van der Waals surface area contributed by atoms with Crippen molar-refractivity contribution in [2.45, 2.75) is 0 Å². The van der Waals surface area contributed by atoms with Crippen molar-refractivity contribution in [3.63, 3.8) is 0 Å². The lowest BCUT2D eigenvalue weighted by atomic mass is 10.1. The Kier molecular flexibility index (Phi) is 3.38. The molecule has 0 aliphatic rings. The molecule has 1 aromatic heterocycles. The maximum absolute atomic E-state index is 13.0. The third-order valence-electron chi connectivity index (χ3n) is 2.40. The first-order valence-corrected chi connectivity index (χ1v) is 5.16. The Morgan fingerprint density at radius 3 is 2.89 bits per heavy atom. The molecule has 0 aliphatic heterocycles. The SMILES string of the molecule is CON(C)C(=O)c1cc(-c2cccc(F)c2)no1. The number of rotatable bonds is 3. The number of benzene rings is 1. The summed E-state index contributed by atoms with van der Waals surface area (Å²) in [7, 11) is 2.81. The van der Waals surface area contributed by atoms with Gasteiger partial charge in [0.1, 0.15) is 11.5 Å². The highest BCUT2D eigenvalue weighted by atomic mass is 19.1. The first-order chi connectivity index (χ1) is 8.61. The molecule has 0 unspecified atom stereocenters. The Hall–Kier alpha value is -2.21. The summed E-state index contributed by atoms with van der Waals surface area (Å²) in [5.74, 6) is -0.816. The highest BCUT2D eigenvalue weighted by Gasteiger charge is 2.18. The average molecular weight is 250 g/mol. The van der Waals surface area contributed by atoms with Gasteiger partial charge in [-0.15, -0.1) is 0 Å². The Morgan fingerprint density at radius 2 is 2.22 bits per heavy atom. The zero-order valence-electron chi connectivity index (χ0n) is 9.88. The molecule has 0 spiro atoms. The van der Waals surface area contributed by atoms with E-state index < -0.39 is 5.91 Å². The maximum Gasteiger partial charge on any atom is 0.315 e. The largest absolute Gasteiger partial charge is 0.350 e. The molecule has 0 saturated heterocycles.